The zero-order valence-electron chi connectivity index (χ0n) is 8.07. The fourth-order valence-electron chi connectivity index (χ4n) is 1.77. The Labute approximate surface area is 85.8 Å². The molecule has 6 heteroatoms. The minimum Gasteiger partial charge on any atom is -0.369 e. The van der Waals surface area contributed by atoms with Crippen molar-refractivity contribution in [1.29, 1.82) is 0 Å². The van der Waals surface area contributed by atoms with Gasteiger partial charge in [0.25, 0.3) is 5.95 Å². The molecular formula is C9H9N5O. The first-order chi connectivity index (χ1) is 7.29. The quantitative estimate of drug-likeness (QED) is 0.658. The van der Waals surface area contributed by atoms with E-state index in [9.17, 15) is 5.11 Å². The number of tetrazole rings is 1. The maximum absolute atomic E-state index is 10.0. The molecule has 15 heavy (non-hydrogen) atoms. The van der Waals surface area contributed by atoms with Crippen molar-refractivity contribution in [2.75, 3.05) is 11.9 Å². The number of aliphatic hydroxyl groups excluding tert-OH is 1. The van der Waals surface area contributed by atoms with Crippen LogP contribution in [0.1, 0.15) is 11.8 Å². The lowest BCUT2D eigenvalue weighted by atomic mass is 10.1. The molecule has 0 saturated heterocycles. The van der Waals surface area contributed by atoms with Gasteiger partial charge < -0.3 is 10.0 Å². The predicted octanol–water partition coefficient (Wildman–Crippen LogP) is 0.103. The molecule has 1 atom stereocenters. The van der Waals surface area contributed by atoms with Crippen LogP contribution in [0.15, 0.2) is 24.3 Å². The molecule has 1 aliphatic rings. The van der Waals surface area contributed by atoms with Crippen LogP contribution in [-0.4, -0.2) is 32.4 Å². The first-order valence-electron chi connectivity index (χ1n) is 4.57. The SMILES string of the molecule is CN1c2nnnn2-c2ccccc2C1O. The maximum Gasteiger partial charge on any atom is 0.252 e. The van der Waals surface area contributed by atoms with Crippen molar-refractivity contribution in [3.05, 3.63) is 29.8 Å². The number of aliphatic hydroxyl groups is 1. The average molecular weight is 203 g/mol. The molecule has 0 fully saturated rings. The zero-order valence-corrected chi connectivity index (χ0v) is 8.07. The number of nitrogens with zero attached hydrogens (tertiary/aromatic N) is 5. The van der Waals surface area contributed by atoms with E-state index in [-0.39, 0.29) is 0 Å². The van der Waals surface area contributed by atoms with Crippen LogP contribution in [0.2, 0.25) is 0 Å². The summed E-state index contributed by atoms with van der Waals surface area (Å²) in [6.45, 7) is 0. The van der Waals surface area contributed by atoms with Gasteiger partial charge in [-0.05, 0) is 16.5 Å². The van der Waals surface area contributed by atoms with E-state index in [1.165, 1.54) is 0 Å². The highest BCUT2D eigenvalue weighted by Crippen LogP contribution is 2.32. The van der Waals surface area contributed by atoms with E-state index in [1.807, 2.05) is 24.3 Å². The van der Waals surface area contributed by atoms with Gasteiger partial charge in [0, 0.05) is 12.6 Å². The van der Waals surface area contributed by atoms with Gasteiger partial charge in [-0.2, -0.15) is 4.68 Å². The fourth-order valence-corrected chi connectivity index (χ4v) is 1.77. The summed E-state index contributed by atoms with van der Waals surface area (Å²) in [5, 5.41) is 21.4. The lowest BCUT2D eigenvalue weighted by Gasteiger charge is -2.30. The summed E-state index contributed by atoms with van der Waals surface area (Å²) in [4.78, 5) is 1.63. The molecule has 0 spiro atoms. The highest BCUT2D eigenvalue weighted by atomic mass is 16.3. The van der Waals surface area contributed by atoms with Crippen molar-refractivity contribution < 1.29 is 5.11 Å². The molecule has 0 bridgehead atoms. The predicted molar refractivity (Wildman–Crippen MR) is 52.5 cm³/mol. The minimum absolute atomic E-state index is 0.543. The van der Waals surface area contributed by atoms with Gasteiger partial charge in [-0.25, -0.2) is 0 Å². The van der Waals surface area contributed by atoms with E-state index < -0.39 is 6.23 Å². The lowest BCUT2D eigenvalue weighted by molar-refractivity contribution is 0.172. The molecule has 76 valence electrons. The van der Waals surface area contributed by atoms with E-state index in [1.54, 1.807) is 16.6 Å². The van der Waals surface area contributed by atoms with Gasteiger partial charge in [0.2, 0.25) is 0 Å². The van der Waals surface area contributed by atoms with Gasteiger partial charge in [0.1, 0.15) is 0 Å². The van der Waals surface area contributed by atoms with Gasteiger partial charge in [0.15, 0.2) is 6.23 Å². The Balaban J connectivity index is 2.32. The van der Waals surface area contributed by atoms with Crippen molar-refractivity contribution >= 4 is 5.95 Å². The van der Waals surface area contributed by atoms with Crippen LogP contribution in [0.4, 0.5) is 5.95 Å². The lowest BCUT2D eigenvalue weighted by Crippen LogP contribution is -2.31. The third-order valence-electron chi connectivity index (χ3n) is 2.58. The average Bonchev–Trinajstić information content (AvgIpc) is 2.75. The molecule has 1 aliphatic heterocycles. The first-order valence-corrected chi connectivity index (χ1v) is 4.57. The summed E-state index contributed by atoms with van der Waals surface area (Å²) >= 11 is 0. The second kappa shape index (κ2) is 2.77. The summed E-state index contributed by atoms with van der Waals surface area (Å²) in [6.07, 6.45) is -0.695. The van der Waals surface area contributed by atoms with Crippen molar-refractivity contribution in [2.24, 2.45) is 0 Å². The molecule has 6 nitrogen and oxygen atoms in total. The Kier molecular flexibility index (Phi) is 1.54. The van der Waals surface area contributed by atoms with Crippen molar-refractivity contribution in [2.45, 2.75) is 6.23 Å². The Hall–Kier alpha value is -1.95. The zero-order chi connectivity index (χ0) is 10.4. The second-order valence-electron chi connectivity index (χ2n) is 3.43. The summed E-state index contributed by atoms with van der Waals surface area (Å²) in [7, 11) is 1.75. The summed E-state index contributed by atoms with van der Waals surface area (Å²) in [5.41, 5.74) is 1.63. The van der Waals surface area contributed by atoms with Crippen molar-refractivity contribution in [3.63, 3.8) is 0 Å². The Morgan fingerprint density at radius 2 is 2.13 bits per heavy atom. The highest BCUT2D eigenvalue weighted by molar-refractivity contribution is 5.53. The van der Waals surface area contributed by atoms with Crippen molar-refractivity contribution in [3.8, 4) is 5.69 Å². The third-order valence-corrected chi connectivity index (χ3v) is 2.58. The molecule has 1 aromatic heterocycles. The fraction of sp³-hybridized carbons (Fsp3) is 0.222. The molecule has 1 aromatic carbocycles. The number of rotatable bonds is 0. The van der Waals surface area contributed by atoms with Gasteiger partial charge in [-0.15, -0.1) is 0 Å². The number of fused-ring (bicyclic) bond motifs is 3. The standard InChI is InChI=1S/C9H9N5O/c1-13-8(15)6-4-2-3-5-7(6)14-9(13)10-11-12-14/h2-5,8,15H,1H3. The second-order valence-corrected chi connectivity index (χ2v) is 3.43. The molecule has 0 saturated carbocycles. The van der Waals surface area contributed by atoms with Crippen LogP contribution in [0, 0.1) is 0 Å². The molecule has 2 heterocycles. The van der Waals surface area contributed by atoms with Crippen LogP contribution >= 0.6 is 0 Å². The topological polar surface area (TPSA) is 67.1 Å². The van der Waals surface area contributed by atoms with E-state index in [0.717, 1.165) is 11.3 Å². The smallest absolute Gasteiger partial charge is 0.252 e. The first kappa shape index (κ1) is 8.37. The van der Waals surface area contributed by atoms with Gasteiger partial charge in [-0.1, -0.05) is 23.3 Å². The molecule has 0 amide bonds. The van der Waals surface area contributed by atoms with E-state index in [4.69, 9.17) is 0 Å². The van der Waals surface area contributed by atoms with Crippen LogP contribution < -0.4 is 4.90 Å². The number of aromatic nitrogens is 4. The number of para-hydroxylation sites is 1. The highest BCUT2D eigenvalue weighted by Gasteiger charge is 2.29. The molecule has 0 aliphatic carbocycles. The number of anilines is 1. The molecule has 1 unspecified atom stereocenters. The molecular weight excluding hydrogens is 194 g/mol. The molecule has 1 N–H and O–H groups in total. The molecule has 3 rings (SSSR count). The Morgan fingerprint density at radius 3 is 3.00 bits per heavy atom. The largest absolute Gasteiger partial charge is 0.369 e. The Morgan fingerprint density at radius 1 is 1.33 bits per heavy atom. The summed E-state index contributed by atoms with van der Waals surface area (Å²) in [5.74, 6) is 0.543. The number of hydrogen-bond acceptors (Lipinski definition) is 5. The molecule has 0 radical (unpaired) electrons. The van der Waals surface area contributed by atoms with Gasteiger partial charge >= 0.3 is 0 Å². The number of hydrogen-bond donors (Lipinski definition) is 1. The number of benzene rings is 1. The van der Waals surface area contributed by atoms with E-state index >= 15 is 0 Å². The maximum atomic E-state index is 10.0. The molecule has 2 aromatic rings. The normalized spacial score (nSPS) is 18.5. The van der Waals surface area contributed by atoms with Crippen molar-refractivity contribution in [1.82, 2.24) is 20.2 Å². The van der Waals surface area contributed by atoms with Crippen LogP contribution in [-0.2, 0) is 0 Å². The van der Waals surface area contributed by atoms with E-state index in [0.29, 0.717) is 5.95 Å². The van der Waals surface area contributed by atoms with E-state index in [2.05, 4.69) is 15.5 Å². The summed E-state index contributed by atoms with van der Waals surface area (Å²) < 4.78 is 1.61. The minimum atomic E-state index is -0.695. The van der Waals surface area contributed by atoms with Crippen LogP contribution in [0.5, 0.6) is 0 Å². The third kappa shape index (κ3) is 0.991. The van der Waals surface area contributed by atoms with Crippen LogP contribution in [0.25, 0.3) is 5.69 Å². The van der Waals surface area contributed by atoms with Gasteiger partial charge in [-0.3, -0.25) is 0 Å². The van der Waals surface area contributed by atoms with Crippen LogP contribution in [0.3, 0.4) is 0 Å². The monoisotopic (exact) mass is 203 g/mol. The van der Waals surface area contributed by atoms with Gasteiger partial charge in [0.05, 0.1) is 5.69 Å². The summed E-state index contributed by atoms with van der Waals surface area (Å²) in [6, 6.07) is 7.51. The Bertz CT molecular complexity index is 509.